The summed E-state index contributed by atoms with van der Waals surface area (Å²) < 4.78 is 53.7. The zero-order valence-corrected chi connectivity index (χ0v) is 8.61. The van der Waals surface area contributed by atoms with Crippen molar-refractivity contribution in [2.24, 2.45) is 0 Å². The van der Waals surface area contributed by atoms with Crippen LogP contribution in [0.25, 0.3) is 0 Å². The van der Waals surface area contributed by atoms with Crippen LogP contribution in [0.3, 0.4) is 0 Å². The van der Waals surface area contributed by atoms with E-state index in [9.17, 15) is 13.0 Å². The summed E-state index contributed by atoms with van der Waals surface area (Å²) in [5.74, 6) is -0.312. The largest absolute Gasteiger partial charge is 0.748 e. The van der Waals surface area contributed by atoms with E-state index in [1.54, 1.807) is 0 Å². The second kappa shape index (κ2) is 10.5. The fourth-order valence-corrected chi connectivity index (χ4v) is 0. The van der Waals surface area contributed by atoms with Gasteiger partial charge >= 0.3 is 10.6 Å². The highest BCUT2D eigenvalue weighted by Gasteiger charge is 1.80. The Bertz CT molecular complexity index is 251. The van der Waals surface area contributed by atoms with Crippen molar-refractivity contribution < 1.29 is 25.6 Å². The first-order valence-electron chi connectivity index (χ1n) is 3.00. The van der Waals surface area contributed by atoms with Gasteiger partial charge in [-0.15, -0.1) is 12.6 Å². The molecular weight excluding hydrogens is 208 g/mol. The molecule has 12 heavy (non-hydrogen) atoms. The summed E-state index contributed by atoms with van der Waals surface area (Å²) >= 11 is 0. The van der Waals surface area contributed by atoms with Crippen LogP contribution in [-0.2, 0) is 20.7 Å². The van der Waals surface area contributed by atoms with E-state index < -0.39 is 20.7 Å². The molecule has 0 atom stereocenters. The van der Waals surface area contributed by atoms with Crippen molar-refractivity contribution in [3.8, 4) is 0 Å². The molecule has 0 unspecified atom stereocenters. The van der Waals surface area contributed by atoms with Gasteiger partial charge in [-0.05, 0) is 0 Å². The first kappa shape index (κ1) is 17.6. The predicted molar refractivity (Wildman–Crippen MR) is 41.3 cm³/mol. The molecule has 0 aromatic heterocycles. The normalized spacial score (nSPS) is 8.33. The second-order valence-electron chi connectivity index (χ2n) is 1.05. The molecular formula is C4H11O6S2-. The van der Waals surface area contributed by atoms with E-state index >= 15 is 0 Å². The van der Waals surface area contributed by atoms with Gasteiger partial charge in [-0.3, -0.25) is 0 Å². The average molecular weight is 219 g/mol. The summed E-state index contributed by atoms with van der Waals surface area (Å²) in [7, 11) is -7.02. The lowest BCUT2D eigenvalue weighted by atomic mass is 11.0. The Morgan fingerprint density at radius 2 is 1.25 bits per heavy atom. The molecule has 0 saturated heterocycles. The Morgan fingerprint density at radius 1 is 1.17 bits per heavy atom. The van der Waals surface area contributed by atoms with Crippen LogP contribution >= 0.6 is 0 Å². The first-order chi connectivity index (χ1) is 5.29. The molecule has 0 bridgehead atoms. The molecule has 76 valence electrons. The molecule has 0 saturated carbocycles. The number of hydrogen-bond donors (Lipinski definition) is 0. The van der Waals surface area contributed by atoms with Crippen molar-refractivity contribution in [3.05, 3.63) is 0 Å². The smallest absolute Gasteiger partial charge is 0.425 e. The van der Waals surface area contributed by atoms with Gasteiger partial charge in [0.25, 0.3) is 0 Å². The van der Waals surface area contributed by atoms with E-state index in [-0.39, 0.29) is 5.75 Å². The quantitative estimate of drug-likeness (QED) is 0.554. The molecule has 0 N–H and O–H groups in total. The lowest BCUT2D eigenvalue weighted by Crippen LogP contribution is -1.98. The molecule has 0 amide bonds. The van der Waals surface area contributed by atoms with Crippen LogP contribution < -0.4 is 0 Å². The van der Waals surface area contributed by atoms with Crippen molar-refractivity contribution in [2.45, 2.75) is 20.8 Å². The lowest BCUT2D eigenvalue weighted by Gasteiger charge is -1.97. The summed E-state index contributed by atoms with van der Waals surface area (Å²) in [5, 5.41) is 0. The van der Waals surface area contributed by atoms with Crippen LogP contribution in [0.2, 0.25) is 0 Å². The predicted octanol–water partition coefficient (Wildman–Crippen LogP) is -0.426. The van der Waals surface area contributed by atoms with Gasteiger partial charge in [-0.2, -0.15) is 0 Å². The molecule has 0 fully saturated rings. The van der Waals surface area contributed by atoms with E-state index in [2.05, 4.69) is 0 Å². The summed E-state index contributed by atoms with van der Waals surface area (Å²) in [5.41, 5.74) is 0. The zero-order chi connectivity index (χ0) is 10.8. The van der Waals surface area contributed by atoms with E-state index in [0.717, 1.165) is 0 Å². The third-order valence-electron chi connectivity index (χ3n) is 0.354. The van der Waals surface area contributed by atoms with E-state index in [1.165, 1.54) is 6.92 Å². The van der Waals surface area contributed by atoms with E-state index in [4.69, 9.17) is 12.6 Å². The van der Waals surface area contributed by atoms with E-state index in [1.807, 2.05) is 13.8 Å². The molecule has 0 spiro atoms. The van der Waals surface area contributed by atoms with Gasteiger partial charge in [-0.1, -0.05) is 20.8 Å². The molecule has 8 heteroatoms. The van der Waals surface area contributed by atoms with Crippen LogP contribution in [0.15, 0.2) is 0 Å². The molecule has 0 aromatic carbocycles. The molecule has 0 aliphatic heterocycles. The first-order valence-corrected chi connectivity index (χ1v) is 5.57. The minimum atomic E-state index is -3.91. The fourth-order valence-electron chi connectivity index (χ4n) is 0. The summed E-state index contributed by atoms with van der Waals surface area (Å²) in [4.78, 5) is 0. The topological polar surface area (TPSA) is 108 Å². The highest BCUT2D eigenvalue weighted by atomic mass is 32.2. The maximum atomic E-state index is 9.44. The van der Waals surface area contributed by atoms with Crippen LogP contribution in [0.4, 0.5) is 0 Å². The Balaban J connectivity index is -0.000000118. The Morgan fingerprint density at radius 3 is 1.25 bits per heavy atom. The van der Waals surface area contributed by atoms with Gasteiger partial charge in [0.15, 0.2) is 0 Å². The van der Waals surface area contributed by atoms with Crippen LogP contribution in [0, 0.1) is 0 Å². The fraction of sp³-hybridized carbons (Fsp3) is 1.00. The van der Waals surface area contributed by atoms with Crippen molar-refractivity contribution in [2.75, 3.05) is 5.75 Å². The van der Waals surface area contributed by atoms with E-state index in [0.29, 0.717) is 0 Å². The highest BCUT2D eigenvalue weighted by molar-refractivity contribution is 7.85. The highest BCUT2D eigenvalue weighted by Crippen LogP contribution is 1.73. The summed E-state index contributed by atoms with van der Waals surface area (Å²) in [6, 6.07) is 0. The maximum Gasteiger partial charge on any atom is 0.425 e. The van der Waals surface area contributed by atoms with Crippen molar-refractivity contribution >= 4 is 20.7 Å². The third-order valence-corrected chi connectivity index (χ3v) is 1.06. The molecule has 0 rings (SSSR count). The Hall–Kier alpha value is -0.470. The maximum absolute atomic E-state index is 9.44. The second-order valence-corrected chi connectivity index (χ2v) is 3.15. The molecule has 0 heterocycles. The molecule has 0 radical (unpaired) electrons. The summed E-state index contributed by atoms with van der Waals surface area (Å²) in [6.45, 7) is 5.31. The Labute approximate surface area is 73.4 Å². The van der Waals surface area contributed by atoms with Gasteiger partial charge in [0.05, 0.1) is 10.1 Å². The number of rotatable bonds is 1. The van der Waals surface area contributed by atoms with Gasteiger partial charge in [-0.25, -0.2) is 8.42 Å². The van der Waals surface area contributed by atoms with Crippen LogP contribution in [0.1, 0.15) is 20.8 Å². The minimum absolute atomic E-state index is 0.312. The molecule has 0 aliphatic carbocycles. The van der Waals surface area contributed by atoms with Crippen LogP contribution in [0.5, 0.6) is 0 Å². The third kappa shape index (κ3) is 108. The molecule has 0 aliphatic rings. The van der Waals surface area contributed by atoms with Crippen molar-refractivity contribution in [1.29, 1.82) is 0 Å². The monoisotopic (exact) mass is 219 g/mol. The minimum Gasteiger partial charge on any atom is -0.748 e. The van der Waals surface area contributed by atoms with Crippen molar-refractivity contribution in [1.82, 2.24) is 0 Å². The number of hydrogen-bond acceptors (Lipinski definition) is 6. The van der Waals surface area contributed by atoms with Gasteiger partial charge in [0, 0.05) is 5.75 Å². The van der Waals surface area contributed by atoms with Gasteiger partial charge in [0.1, 0.15) is 0 Å². The Kier molecular flexibility index (Phi) is 15.4. The molecule has 6 nitrogen and oxygen atoms in total. The average Bonchev–Trinajstić information content (AvgIpc) is 1.90. The SMILES string of the molecule is CC.CCS(=O)(=O)[O-].O=S(=O)=O. The van der Waals surface area contributed by atoms with Crippen molar-refractivity contribution in [3.63, 3.8) is 0 Å². The van der Waals surface area contributed by atoms with Gasteiger partial charge in [0.2, 0.25) is 0 Å². The lowest BCUT2D eigenvalue weighted by molar-refractivity contribution is 0.464. The standard InChI is InChI=1S/C2H6O3S.C2H6.O3S/c1-2-6(3,4)5;1-2;1-4(2)3/h2H2,1H3,(H,3,4,5);1-2H3;/p-1. The van der Waals surface area contributed by atoms with Gasteiger partial charge < -0.3 is 4.55 Å². The molecule has 0 aromatic rings. The summed E-state index contributed by atoms with van der Waals surface area (Å²) in [6.07, 6.45) is 0. The zero-order valence-electron chi connectivity index (χ0n) is 6.97. The van der Waals surface area contributed by atoms with Crippen LogP contribution in [-0.4, -0.2) is 31.4 Å².